The molecule has 0 unspecified atom stereocenters. The van der Waals surface area contributed by atoms with Crippen LogP contribution in [0.4, 0.5) is 15.6 Å². The molecule has 0 aliphatic carbocycles. The molecular formula is C16H20N4O2S. The highest BCUT2D eigenvalue weighted by Crippen LogP contribution is 2.21. The van der Waals surface area contributed by atoms with Crippen molar-refractivity contribution in [1.29, 1.82) is 0 Å². The smallest absolute Gasteiger partial charge is 0.323 e. The summed E-state index contributed by atoms with van der Waals surface area (Å²) in [6.45, 7) is 5.88. The molecule has 6 nitrogen and oxygen atoms in total. The van der Waals surface area contributed by atoms with Gasteiger partial charge in [0.1, 0.15) is 6.54 Å². The van der Waals surface area contributed by atoms with Crippen molar-refractivity contribution >= 4 is 34.1 Å². The molecule has 0 spiro atoms. The van der Waals surface area contributed by atoms with Gasteiger partial charge in [0.15, 0.2) is 5.13 Å². The number of nitrogens with zero attached hydrogens (tertiary/aromatic N) is 2. The van der Waals surface area contributed by atoms with E-state index in [2.05, 4.69) is 15.6 Å². The van der Waals surface area contributed by atoms with E-state index in [1.54, 1.807) is 18.6 Å². The molecule has 0 saturated carbocycles. The van der Waals surface area contributed by atoms with Crippen molar-refractivity contribution in [2.75, 3.05) is 24.2 Å². The maximum absolute atomic E-state index is 12.2. The van der Waals surface area contributed by atoms with Gasteiger partial charge in [-0.15, -0.1) is 11.3 Å². The fraction of sp³-hybridized carbons (Fsp3) is 0.312. The quantitative estimate of drug-likeness (QED) is 0.903. The summed E-state index contributed by atoms with van der Waals surface area (Å²) < 4.78 is 0. The topological polar surface area (TPSA) is 74.3 Å². The van der Waals surface area contributed by atoms with Crippen LogP contribution in [0.2, 0.25) is 0 Å². The number of thiazole rings is 1. The van der Waals surface area contributed by atoms with Crippen molar-refractivity contribution in [1.82, 2.24) is 9.88 Å². The van der Waals surface area contributed by atoms with E-state index in [0.717, 1.165) is 22.4 Å². The summed E-state index contributed by atoms with van der Waals surface area (Å²) in [7, 11) is 1.57. The van der Waals surface area contributed by atoms with Crippen molar-refractivity contribution in [3.8, 4) is 0 Å². The van der Waals surface area contributed by atoms with Gasteiger partial charge in [-0.1, -0.05) is 17.7 Å². The number of amides is 3. The normalized spacial score (nSPS) is 10.3. The predicted molar refractivity (Wildman–Crippen MR) is 93.0 cm³/mol. The highest BCUT2D eigenvalue weighted by atomic mass is 32.1. The third-order valence-electron chi connectivity index (χ3n) is 3.32. The van der Waals surface area contributed by atoms with Crippen LogP contribution in [0.1, 0.15) is 16.7 Å². The third-order valence-corrected chi connectivity index (χ3v) is 4.00. The first-order chi connectivity index (χ1) is 10.9. The Labute approximate surface area is 139 Å². The molecule has 1 aromatic heterocycles. The summed E-state index contributed by atoms with van der Waals surface area (Å²) in [5, 5.41) is 7.79. The zero-order chi connectivity index (χ0) is 17.0. The zero-order valence-corrected chi connectivity index (χ0v) is 14.5. The van der Waals surface area contributed by atoms with E-state index in [-0.39, 0.29) is 18.5 Å². The van der Waals surface area contributed by atoms with E-state index in [1.165, 1.54) is 16.2 Å². The molecule has 2 aromatic rings. The number of hydrogen-bond acceptors (Lipinski definition) is 4. The number of aryl methyl sites for hydroxylation is 3. The molecule has 23 heavy (non-hydrogen) atoms. The number of rotatable bonds is 4. The van der Waals surface area contributed by atoms with Crippen LogP contribution in [0.5, 0.6) is 0 Å². The lowest BCUT2D eigenvalue weighted by molar-refractivity contribution is -0.116. The van der Waals surface area contributed by atoms with Crippen molar-refractivity contribution in [3.63, 3.8) is 0 Å². The molecule has 0 aliphatic rings. The largest absolute Gasteiger partial charge is 0.324 e. The third kappa shape index (κ3) is 4.53. The number of nitrogens with one attached hydrogen (secondary N) is 2. The van der Waals surface area contributed by atoms with Crippen LogP contribution in [0.25, 0.3) is 0 Å². The number of hydrogen-bond donors (Lipinski definition) is 2. The van der Waals surface area contributed by atoms with Gasteiger partial charge >= 0.3 is 6.03 Å². The summed E-state index contributed by atoms with van der Waals surface area (Å²) in [4.78, 5) is 29.4. The summed E-state index contributed by atoms with van der Waals surface area (Å²) in [5.74, 6) is -0.239. The molecule has 1 heterocycles. The van der Waals surface area contributed by atoms with Crippen LogP contribution in [0, 0.1) is 20.8 Å². The Morgan fingerprint density at radius 1 is 1.17 bits per heavy atom. The Kier molecular flexibility index (Phi) is 5.33. The standard InChI is InChI=1S/C16H20N4O2S/c1-10-7-11(2)14(12(3)8-10)18-13(21)9-20(4)16(22)19-15-17-5-6-23-15/h5-8H,9H2,1-4H3,(H,18,21)(H,17,19,22). The second-order valence-electron chi connectivity index (χ2n) is 5.45. The summed E-state index contributed by atoms with van der Waals surface area (Å²) in [5.41, 5.74) is 3.96. The van der Waals surface area contributed by atoms with Crippen LogP contribution in [0.3, 0.4) is 0 Å². The molecule has 2 N–H and O–H groups in total. The molecule has 1 aromatic carbocycles. The zero-order valence-electron chi connectivity index (χ0n) is 13.6. The fourth-order valence-electron chi connectivity index (χ4n) is 2.32. The Morgan fingerprint density at radius 2 is 1.83 bits per heavy atom. The molecule has 122 valence electrons. The Bertz CT molecular complexity index is 690. The van der Waals surface area contributed by atoms with Gasteiger partial charge in [0.25, 0.3) is 0 Å². The molecule has 0 bridgehead atoms. The number of likely N-dealkylation sites (N-methyl/N-ethyl adjacent to an activating group) is 1. The van der Waals surface area contributed by atoms with E-state index in [1.807, 2.05) is 32.9 Å². The number of urea groups is 1. The van der Waals surface area contributed by atoms with Gasteiger partial charge in [-0.2, -0.15) is 0 Å². The SMILES string of the molecule is Cc1cc(C)c(NC(=O)CN(C)C(=O)Nc2nccs2)c(C)c1. The molecule has 2 rings (SSSR count). The summed E-state index contributed by atoms with van der Waals surface area (Å²) in [6, 6.07) is 3.66. The molecule has 0 saturated heterocycles. The van der Waals surface area contributed by atoms with Crippen LogP contribution >= 0.6 is 11.3 Å². The van der Waals surface area contributed by atoms with E-state index in [9.17, 15) is 9.59 Å². The van der Waals surface area contributed by atoms with Crippen molar-refractivity contribution in [3.05, 3.63) is 40.4 Å². The van der Waals surface area contributed by atoms with Gasteiger partial charge in [0.2, 0.25) is 5.91 Å². The molecular weight excluding hydrogens is 312 g/mol. The molecule has 0 fully saturated rings. The molecule has 3 amide bonds. The van der Waals surface area contributed by atoms with Gasteiger partial charge < -0.3 is 10.2 Å². The molecule has 0 aliphatic heterocycles. The maximum Gasteiger partial charge on any atom is 0.323 e. The predicted octanol–water partition coefficient (Wildman–Crippen LogP) is 3.17. The molecule has 7 heteroatoms. The molecule has 0 radical (unpaired) electrons. The lowest BCUT2D eigenvalue weighted by atomic mass is 10.1. The Morgan fingerprint density at radius 3 is 2.39 bits per heavy atom. The van der Waals surface area contributed by atoms with E-state index >= 15 is 0 Å². The minimum Gasteiger partial charge on any atom is -0.324 e. The second-order valence-corrected chi connectivity index (χ2v) is 6.34. The fourth-order valence-corrected chi connectivity index (χ4v) is 2.83. The highest BCUT2D eigenvalue weighted by Gasteiger charge is 2.15. The number of benzene rings is 1. The van der Waals surface area contributed by atoms with Crippen molar-refractivity contribution in [2.45, 2.75) is 20.8 Å². The minimum atomic E-state index is -0.368. The van der Waals surface area contributed by atoms with E-state index < -0.39 is 0 Å². The highest BCUT2D eigenvalue weighted by molar-refractivity contribution is 7.13. The Balaban J connectivity index is 1.95. The van der Waals surface area contributed by atoms with Gasteiger partial charge in [-0.25, -0.2) is 9.78 Å². The summed E-state index contributed by atoms with van der Waals surface area (Å²) in [6.07, 6.45) is 1.61. The van der Waals surface area contributed by atoms with E-state index in [0.29, 0.717) is 5.13 Å². The van der Waals surface area contributed by atoms with Gasteiger partial charge in [-0.3, -0.25) is 10.1 Å². The van der Waals surface area contributed by atoms with Crippen LogP contribution in [-0.2, 0) is 4.79 Å². The van der Waals surface area contributed by atoms with Crippen molar-refractivity contribution < 1.29 is 9.59 Å². The second kappa shape index (κ2) is 7.23. The average Bonchev–Trinajstić information content (AvgIpc) is 2.95. The molecule has 0 atom stereocenters. The average molecular weight is 332 g/mol. The number of anilines is 2. The monoisotopic (exact) mass is 332 g/mol. The van der Waals surface area contributed by atoms with E-state index in [4.69, 9.17) is 0 Å². The van der Waals surface area contributed by atoms with Crippen LogP contribution in [0.15, 0.2) is 23.7 Å². The number of aromatic nitrogens is 1. The Hall–Kier alpha value is -2.41. The van der Waals surface area contributed by atoms with Crippen LogP contribution < -0.4 is 10.6 Å². The lowest BCUT2D eigenvalue weighted by Gasteiger charge is -2.18. The minimum absolute atomic E-state index is 0.0377. The van der Waals surface area contributed by atoms with Gasteiger partial charge in [0.05, 0.1) is 0 Å². The lowest BCUT2D eigenvalue weighted by Crippen LogP contribution is -2.37. The first kappa shape index (κ1) is 17.0. The number of carbonyl (C=O) groups is 2. The first-order valence-corrected chi connectivity index (χ1v) is 8.04. The van der Waals surface area contributed by atoms with Gasteiger partial charge in [0, 0.05) is 24.3 Å². The van der Waals surface area contributed by atoms with Crippen LogP contribution in [-0.4, -0.2) is 35.4 Å². The summed E-state index contributed by atoms with van der Waals surface area (Å²) >= 11 is 1.33. The first-order valence-electron chi connectivity index (χ1n) is 7.16. The number of carbonyl (C=O) groups excluding carboxylic acids is 2. The van der Waals surface area contributed by atoms with Crippen molar-refractivity contribution in [2.24, 2.45) is 0 Å². The van der Waals surface area contributed by atoms with Gasteiger partial charge in [-0.05, 0) is 31.9 Å². The maximum atomic E-state index is 12.2.